The molecule has 0 aromatic heterocycles. The minimum Gasteiger partial charge on any atom is -0.498 e. The minimum absolute atomic E-state index is 0.226. The molecule has 1 aliphatic rings. The van der Waals surface area contributed by atoms with Gasteiger partial charge in [-0.15, -0.1) is 0 Å². The molecule has 0 radical (unpaired) electrons. The molecule has 0 aromatic rings. The molecule has 4 nitrogen and oxygen atoms in total. The number of rotatable bonds is 1. The summed E-state index contributed by atoms with van der Waals surface area (Å²) in [6, 6.07) is -0.455. The second-order valence-corrected chi connectivity index (χ2v) is 5.23. The average molecular weight is 213 g/mol. The number of amides is 1. The van der Waals surface area contributed by atoms with Gasteiger partial charge in [-0.1, -0.05) is 0 Å². The minimum atomic E-state index is -1.13. The maximum absolute atomic E-state index is 11.4. The van der Waals surface area contributed by atoms with Gasteiger partial charge in [-0.25, -0.2) is 0 Å². The van der Waals surface area contributed by atoms with Gasteiger partial charge in [-0.2, -0.15) is 0 Å². The van der Waals surface area contributed by atoms with Crippen molar-refractivity contribution < 1.29 is 19.2 Å². The van der Waals surface area contributed by atoms with Crippen LogP contribution in [-0.4, -0.2) is 35.0 Å². The predicted molar refractivity (Wildman–Crippen MR) is 54.0 cm³/mol. The van der Waals surface area contributed by atoms with E-state index in [-0.39, 0.29) is 4.48 Å². The van der Waals surface area contributed by atoms with Crippen LogP contribution in [0.2, 0.25) is 0 Å². The molecule has 86 valence electrons. The lowest BCUT2D eigenvalue weighted by Gasteiger charge is -2.53. The molecule has 2 atom stereocenters. The van der Waals surface area contributed by atoms with E-state index in [2.05, 4.69) is 0 Å². The summed E-state index contributed by atoms with van der Waals surface area (Å²) < 4.78 is -0.226. The van der Waals surface area contributed by atoms with Gasteiger partial charge in [0.05, 0.1) is 12.1 Å². The van der Waals surface area contributed by atoms with Crippen LogP contribution in [0.1, 0.15) is 40.0 Å². The molecule has 1 fully saturated rings. The van der Waals surface area contributed by atoms with Crippen molar-refractivity contribution in [3.8, 4) is 0 Å². The van der Waals surface area contributed by atoms with Crippen LogP contribution in [0.25, 0.3) is 0 Å². The van der Waals surface area contributed by atoms with E-state index in [1.165, 1.54) is 0 Å². The van der Waals surface area contributed by atoms with Crippen molar-refractivity contribution in [2.24, 2.45) is 0 Å². The Morgan fingerprint density at radius 2 is 2.00 bits per heavy atom. The molecule has 4 heteroatoms. The van der Waals surface area contributed by atoms with E-state index in [0.717, 1.165) is 19.1 Å². The van der Waals surface area contributed by atoms with E-state index >= 15 is 0 Å². The van der Waals surface area contributed by atoms with Crippen molar-refractivity contribution in [2.75, 3.05) is 6.54 Å². The Bertz CT molecular complexity index is 269. The summed E-state index contributed by atoms with van der Waals surface area (Å²) in [5.74, 6) is 0. The SMILES string of the molecule is CC(C)(C)[N+]1(C(=O)[O-])CCCCC1C=O. The highest BCUT2D eigenvalue weighted by Crippen LogP contribution is 2.34. The number of nitrogens with zero attached hydrogens (tertiary/aromatic N) is 1. The number of piperidine rings is 1. The van der Waals surface area contributed by atoms with Gasteiger partial charge in [-0.05, 0) is 33.6 Å². The maximum atomic E-state index is 11.4. The van der Waals surface area contributed by atoms with Gasteiger partial charge in [0.1, 0.15) is 0 Å². The van der Waals surface area contributed by atoms with Gasteiger partial charge in [0.25, 0.3) is 6.09 Å². The van der Waals surface area contributed by atoms with Crippen LogP contribution in [0, 0.1) is 0 Å². The van der Waals surface area contributed by atoms with Crippen molar-refractivity contribution >= 4 is 12.4 Å². The van der Waals surface area contributed by atoms with E-state index in [4.69, 9.17) is 0 Å². The molecule has 0 spiro atoms. The van der Waals surface area contributed by atoms with E-state index in [1.54, 1.807) is 0 Å². The third kappa shape index (κ3) is 1.78. The highest BCUT2D eigenvalue weighted by Gasteiger charge is 2.50. The number of aldehydes is 1. The third-order valence-corrected chi connectivity index (χ3v) is 3.51. The summed E-state index contributed by atoms with van der Waals surface area (Å²) in [4.78, 5) is 22.4. The van der Waals surface area contributed by atoms with Gasteiger partial charge in [0.15, 0.2) is 12.3 Å². The molecule has 1 aliphatic heterocycles. The molecular weight excluding hydrogens is 194 g/mol. The summed E-state index contributed by atoms with van der Waals surface area (Å²) in [5.41, 5.74) is -0.495. The number of hydrogen-bond acceptors (Lipinski definition) is 3. The molecule has 0 aliphatic carbocycles. The monoisotopic (exact) mass is 213 g/mol. The van der Waals surface area contributed by atoms with E-state index < -0.39 is 17.7 Å². The number of likely N-dealkylation sites (tertiary alicyclic amines) is 1. The standard InChI is InChI=1S/C11H19NO3/c1-11(2,3)12(10(14)15)7-5-4-6-9(12)8-13/h8-9H,4-7H2,1-3H3. The lowest BCUT2D eigenvalue weighted by Crippen LogP contribution is -2.73. The topological polar surface area (TPSA) is 57.2 Å². The van der Waals surface area contributed by atoms with Crippen LogP contribution >= 0.6 is 0 Å². The molecule has 1 saturated heterocycles. The first kappa shape index (κ1) is 12.2. The van der Waals surface area contributed by atoms with Crippen molar-refractivity contribution in [3.63, 3.8) is 0 Å². The molecule has 1 amide bonds. The summed E-state index contributed by atoms with van der Waals surface area (Å²) in [6.07, 6.45) is 2.07. The number of hydrogen-bond donors (Lipinski definition) is 0. The van der Waals surface area contributed by atoms with Gasteiger partial charge < -0.3 is 9.90 Å². The smallest absolute Gasteiger partial charge is 0.258 e. The second kappa shape index (κ2) is 3.93. The van der Waals surface area contributed by atoms with Crippen molar-refractivity contribution in [3.05, 3.63) is 0 Å². The summed E-state index contributed by atoms with van der Waals surface area (Å²) >= 11 is 0. The van der Waals surface area contributed by atoms with Crippen LogP contribution in [0.5, 0.6) is 0 Å². The highest BCUT2D eigenvalue weighted by atomic mass is 16.4. The van der Waals surface area contributed by atoms with Crippen LogP contribution < -0.4 is 5.11 Å². The maximum Gasteiger partial charge on any atom is 0.258 e. The Morgan fingerprint density at radius 1 is 1.40 bits per heavy atom. The Hall–Kier alpha value is -0.900. The number of carbonyl (C=O) groups is 2. The lowest BCUT2D eigenvalue weighted by atomic mass is 9.91. The average Bonchev–Trinajstić information content (AvgIpc) is 2.15. The quantitative estimate of drug-likeness (QED) is 0.476. The van der Waals surface area contributed by atoms with Gasteiger partial charge >= 0.3 is 0 Å². The van der Waals surface area contributed by atoms with E-state index in [0.29, 0.717) is 13.0 Å². The molecule has 0 N–H and O–H groups in total. The van der Waals surface area contributed by atoms with Gasteiger partial charge in [0.2, 0.25) is 0 Å². The van der Waals surface area contributed by atoms with Crippen molar-refractivity contribution in [1.29, 1.82) is 0 Å². The fourth-order valence-electron chi connectivity index (χ4n) is 2.61. The second-order valence-electron chi connectivity index (χ2n) is 5.23. The number of carbonyl (C=O) groups excluding carboxylic acids is 2. The summed E-state index contributed by atoms with van der Waals surface area (Å²) in [6.45, 7) is 6.05. The number of quaternary nitrogens is 1. The molecule has 0 bridgehead atoms. The van der Waals surface area contributed by atoms with Crippen LogP contribution in [-0.2, 0) is 4.79 Å². The largest absolute Gasteiger partial charge is 0.498 e. The molecule has 15 heavy (non-hydrogen) atoms. The third-order valence-electron chi connectivity index (χ3n) is 3.51. The zero-order chi connectivity index (χ0) is 11.7. The van der Waals surface area contributed by atoms with Crippen molar-refractivity contribution in [1.82, 2.24) is 0 Å². The Labute approximate surface area is 90.5 Å². The van der Waals surface area contributed by atoms with Crippen LogP contribution in [0.3, 0.4) is 0 Å². The fourth-order valence-corrected chi connectivity index (χ4v) is 2.61. The Kier molecular flexibility index (Phi) is 3.19. The normalized spacial score (nSPS) is 32.3. The molecule has 0 saturated carbocycles. The summed E-state index contributed by atoms with van der Waals surface area (Å²) in [5, 5.41) is 11.4. The van der Waals surface area contributed by atoms with Crippen LogP contribution in [0.15, 0.2) is 0 Å². The first-order valence-electron chi connectivity index (χ1n) is 5.41. The fraction of sp³-hybridized carbons (Fsp3) is 0.818. The van der Waals surface area contributed by atoms with E-state index in [1.807, 2.05) is 20.8 Å². The molecule has 0 aromatic carbocycles. The zero-order valence-electron chi connectivity index (χ0n) is 9.66. The first-order chi connectivity index (χ1) is 6.86. The lowest BCUT2D eigenvalue weighted by molar-refractivity contribution is -0.936. The highest BCUT2D eigenvalue weighted by molar-refractivity contribution is 5.63. The first-order valence-corrected chi connectivity index (χ1v) is 5.41. The Morgan fingerprint density at radius 3 is 2.33 bits per heavy atom. The molecule has 1 heterocycles. The van der Waals surface area contributed by atoms with E-state index in [9.17, 15) is 14.7 Å². The molecule has 1 rings (SSSR count). The molecular formula is C11H19NO3. The van der Waals surface area contributed by atoms with Crippen LogP contribution in [0.4, 0.5) is 4.79 Å². The summed E-state index contributed by atoms with van der Waals surface area (Å²) in [7, 11) is 0. The van der Waals surface area contributed by atoms with Gasteiger partial charge in [-0.3, -0.25) is 9.28 Å². The predicted octanol–water partition coefficient (Wildman–Crippen LogP) is 0.696. The zero-order valence-corrected chi connectivity index (χ0v) is 9.66. The Balaban J connectivity index is 3.17. The van der Waals surface area contributed by atoms with Gasteiger partial charge in [0, 0.05) is 6.42 Å². The van der Waals surface area contributed by atoms with Crippen molar-refractivity contribution in [2.45, 2.75) is 51.6 Å². The number of carboxylic acid groups (broad SMARTS) is 1. The molecule has 2 unspecified atom stereocenters.